The minimum Gasteiger partial charge on any atom is -0.496 e. The summed E-state index contributed by atoms with van der Waals surface area (Å²) in [6.07, 6.45) is 0.798. The predicted molar refractivity (Wildman–Crippen MR) is 94.0 cm³/mol. The van der Waals surface area contributed by atoms with Gasteiger partial charge in [0.15, 0.2) is 0 Å². The highest BCUT2D eigenvalue weighted by molar-refractivity contribution is 7.91. The fourth-order valence-corrected chi connectivity index (χ4v) is 4.49. The molecule has 3 rings (SSSR count). The van der Waals surface area contributed by atoms with Gasteiger partial charge in [-0.15, -0.1) is 21.5 Å². The van der Waals surface area contributed by atoms with E-state index in [9.17, 15) is 8.42 Å². The number of rotatable bonds is 7. The summed E-state index contributed by atoms with van der Waals surface area (Å²) in [7, 11) is -2.05. The third-order valence-corrected chi connectivity index (χ3v) is 6.59. The zero-order valence-corrected chi connectivity index (χ0v) is 15.4. The van der Waals surface area contributed by atoms with Crippen molar-refractivity contribution in [2.24, 2.45) is 0 Å². The molecule has 0 spiro atoms. The minimum absolute atomic E-state index is 0.0795. The van der Waals surface area contributed by atoms with Gasteiger partial charge in [0, 0.05) is 4.88 Å². The Kier molecular flexibility index (Phi) is 5.16. The molecule has 132 valence electrons. The van der Waals surface area contributed by atoms with Crippen LogP contribution in [0, 0.1) is 0 Å². The number of aryl methyl sites for hydroxylation is 1. The van der Waals surface area contributed by atoms with Crippen molar-refractivity contribution >= 4 is 21.4 Å². The van der Waals surface area contributed by atoms with Gasteiger partial charge < -0.3 is 9.15 Å². The van der Waals surface area contributed by atoms with E-state index >= 15 is 0 Å². The molecule has 0 radical (unpaired) electrons. The lowest BCUT2D eigenvalue weighted by Crippen LogP contribution is -2.22. The topological polar surface area (TPSA) is 94.3 Å². The zero-order chi connectivity index (χ0) is 17.9. The average molecular weight is 379 g/mol. The zero-order valence-electron chi connectivity index (χ0n) is 13.7. The van der Waals surface area contributed by atoms with Gasteiger partial charge >= 0.3 is 0 Å². The van der Waals surface area contributed by atoms with Gasteiger partial charge in [-0.1, -0.05) is 19.1 Å². The van der Waals surface area contributed by atoms with E-state index in [1.807, 2.05) is 25.1 Å². The van der Waals surface area contributed by atoms with Gasteiger partial charge in [0.1, 0.15) is 9.96 Å². The number of para-hydroxylation sites is 1. The second-order valence-electron chi connectivity index (χ2n) is 5.10. The summed E-state index contributed by atoms with van der Waals surface area (Å²) in [5, 5.41) is 7.85. The molecule has 0 unspecified atom stereocenters. The molecule has 9 heteroatoms. The molecule has 0 aliphatic rings. The lowest BCUT2D eigenvalue weighted by atomic mass is 10.2. The molecule has 3 aromatic rings. The quantitative estimate of drug-likeness (QED) is 0.678. The molecular formula is C16H17N3O4S2. The van der Waals surface area contributed by atoms with Gasteiger partial charge in [-0.2, -0.15) is 0 Å². The first-order chi connectivity index (χ1) is 12.0. The van der Waals surface area contributed by atoms with E-state index in [1.165, 1.54) is 11.3 Å². The first kappa shape index (κ1) is 17.6. The van der Waals surface area contributed by atoms with Crippen molar-refractivity contribution in [1.82, 2.24) is 14.9 Å². The number of nitrogens with one attached hydrogen (secondary N) is 1. The fourth-order valence-electron chi connectivity index (χ4n) is 2.18. The van der Waals surface area contributed by atoms with Gasteiger partial charge in [-0.25, -0.2) is 13.1 Å². The maximum atomic E-state index is 12.3. The minimum atomic E-state index is -3.60. The van der Waals surface area contributed by atoms with Gasteiger partial charge in [0.05, 0.1) is 19.2 Å². The molecule has 0 fully saturated rings. The molecule has 7 nitrogen and oxygen atoms in total. The van der Waals surface area contributed by atoms with Crippen molar-refractivity contribution in [1.29, 1.82) is 0 Å². The van der Waals surface area contributed by atoms with Crippen molar-refractivity contribution in [2.75, 3.05) is 7.11 Å². The molecule has 0 saturated carbocycles. The Balaban J connectivity index is 1.73. The molecular weight excluding hydrogens is 362 g/mol. The molecule has 1 N–H and O–H groups in total. The van der Waals surface area contributed by atoms with Crippen molar-refractivity contribution in [3.63, 3.8) is 0 Å². The highest BCUT2D eigenvalue weighted by Crippen LogP contribution is 2.28. The Morgan fingerprint density at radius 3 is 2.72 bits per heavy atom. The number of hydrogen-bond donors (Lipinski definition) is 1. The summed E-state index contributed by atoms with van der Waals surface area (Å²) in [5.74, 6) is 1.05. The highest BCUT2D eigenvalue weighted by Gasteiger charge is 2.19. The van der Waals surface area contributed by atoms with Crippen LogP contribution in [0.3, 0.4) is 0 Å². The lowest BCUT2D eigenvalue weighted by molar-refractivity contribution is 0.413. The summed E-state index contributed by atoms with van der Waals surface area (Å²) >= 11 is 1.25. The van der Waals surface area contributed by atoms with Gasteiger partial charge in [-0.3, -0.25) is 0 Å². The largest absolute Gasteiger partial charge is 0.496 e. The maximum Gasteiger partial charge on any atom is 0.251 e. The van der Waals surface area contributed by atoms with E-state index in [0.29, 0.717) is 11.3 Å². The molecule has 0 amide bonds. The van der Waals surface area contributed by atoms with Gasteiger partial charge in [0.25, 0.3) is 15.9 Å². The van der Waals surface area contributed by atoms with Crippen molar-refractivity contribution < 1.29 is 17.6 Å². The standard InChI is InChI=1S/C16H17N3O4S2/c1-3-11-8-9-15(24-11)25(20,21)17-10-14-18-19-16(23-14)12-6-4-5-7-13(12)22-2/h4-9,17H,3,10H2,1-2H3. The lowest BCUT2D eigenvalue weighted by Gasteiger charge is -2.03. The molecule has 0 aliphatic carbocycles. The number of benzene rings is 1. The van der Waals surface area contributed by atoms with Crippen LogP contribution in [0.25, 0.3) is 11.5 Å². The summed E-state index contributed by atoms with van der Waals surface area (Å²) in [6.45, 7) is 1.90. The molecule has 0 aliphatic heterocycles. The number of methoxy groups -OCH3 is 1. The molecule has 1 aromatic carbocycles. The monoisotopic (exact) mass is 379 g/mol. The summed E-state index contributed by atoms with van der Waals surface area (Å²) in [6, 6.07) is 10.6. The normalized spacial score (nSPS) is 11.6. The van der Waals surface area contributed by atoms with E-state index in [2.05, 4.69) is 14.9 Å². The molecule has 0 bridgehead atoms. The van der Waals surface area contributed by atoms with Crippen LogP contribution < -0.4 is 9.46 Å². The second-order valence-corrected chi connectivity index (χ2v) is 8.26. The fraction of sp³-hybridized carbons (Fsp3) is 0.250. The Bertz CT molecular complexity index is 963. The molecule has 25 heavy (non-hydrogen) atoms. The van der Waals surface area contributed by atoms with E-state index < -0.39 is 10.0 Å². The molecule has 2 heterocycles. The van der Waals surface area contributed by atoms with E-state index in [1.54, 1.807) is 25.3 Å². The SMILES string of the molecule is CCc1ccc(S(=O)(=O)NCc2nnc(-c3ccccc3OC)o2)s1. The Morgan fingerprint density at radius 1 is 1.20 bits per heavy atom. The van der Waals surface area contributed by atoms with Crippen LogP contribution in [-0.2, 0) is 23.0 Å². The molecule has 0 atom stereocenters. The first-order valence-corrected chi connectivity index (χ1v) is 9.87. The van der Waals surface area contributed by atoms with Gasteiger partial charge in [-0.05, 0) is 30.7 Å². The third-order valence-electron chi connectivity index (χ3n) is 3.47. The summed E-state index contributed by atoms with van der Waals surface area (Å²) in [4.78, 5) is 1.01. The Labute approximate surface area is 149 Å². The van der Waals surface area contributed by atoms with Crippen LogP contribution in [0.1, 0.15) is 17.7 Å². The van der Waals surface area contributed by atoms with Crippen molar-refractivity contribution in [3.8, 4) is 17.2 Å². The van der Waals surface area contributed by atoms with Crippen LogP contribution >= 0.6 is 11.3 Å². The van der Waals surface area contributed by atoms with E-state index in [4.69, 9.17) is 9.15 Å². The van der Waals surface area contributed by atoms with E-state index in [-0.39, 0.29) is 22.5 Å². The van der Waals surface area contributed by atoms with Crippen molar-refractivity contribution in [2.45, 2.75) is 24.1 Å². The number of thiophene rings is 1. The Hall–Kier alpha value is -2.23. The Morgan fingerprint density at radius 2 is 2.00 bits per heavy atom. The second kappa shape index (κ2) is 7.34. The number of ether oxygens (including phenoxy) is 1. The van der Waals surface area contributed by atoms with Crippen LogP contribution in [0.2, 0.25) is 0 Å². The molecule has 0 saturated heterocycles. The number of sulfonamides is 1. The van der Waals surface area contributed by atoms with Crippen molar-refractivity contribution in [3.05, 3.63) is 47.2 Å². The third kappa shape index (κ3) is 3.89. The maximum absolute atomic E-state index is 12.3. The summed E-state index contributed by atoms with van der Waals surface area (Å²) in [5.41, 5.74) is 0.650. The van der Waals surface area contributed by atoms with Gasteiger partial charge in [0.2, 0.25) is 5.89 Å². The van der Waals surface area contributed by atoms with Crippen LogP contribution in [0.5, 0.6) is 5.75 Å². The van der Waals surface area contributed by atoms with Crippen LogP contribution in [0.15, 0.2) is 45.0 Å². The average Bonchev–Trinajstić information content (AvgIpc) is 3.29. The number of aromatic nitrogens is 2. The molecule has 2 aromatic heterocycles. The summed E-state index contributed by atoms with van der Waals surface area (Å²) < 4.78 is 38.2. The van der Waals surface area contributed by atoms with Crippen LogP contribution in [0.4, 0.5) is 0 Å². The van der Waals surface area contributed by atoms with E-state index in [0.717, 1.165) is 11.3 Å². The smallest absolute Gasteiger partial charge is 0.251 e. The van der Waals surface area contributed by atoms with Crippen LogP contribution in [-0.4, -0.2) is 25.7 Å². The first-order valence-electron chi connectivity index (χ1n) is 7.57. The highest BCUT2D eigenvalue weighted by atomic mass is 32.2. The predicted octanol–water partition coefficient (Wildman–Crippen LogP) is 2.85. The number of hydrogen-bond acceptors (Lipinski definition) is 7. The number of nitrogens with zero attached hydrogens (tertiary/aromatic N) is 2.